The number of para-hydroxylation sites is 1. The summed E-state index contributed by atoms with van der Waals surface area (Å²) >= 11 is 1.90. The van der Waals surface area contributed by atoms with Gasteiger partial charge in [0.25, 0.3) is 0 Å². The van der Waals surface area contributed by atoms with Gasteiger partial charge in [0.1, 0.15) is 0 Å². The van der Waals surface area contributed by atoms with Gasteiger partial charge < -0.3 is 4.57 Å². The third-order valence-corrected chi connectivity index (χ3v) is 17.6. The van der Waals surface area contributed by atoms with E-state index in [1.807, 2.05) is 23.5 Å². The Balaban J connectivity index is 0.953. The molecule has 0 saturated heterocycles. The highest BCUT2D eigenvalue weighted by atomic mass is 32.1. The minimum atomic E-state index is -0.137. The predicted molar refractivity (Wildman–Crippen MR) is 322 cm³/mol. The summed E-state index contributed by atoms with van der Waals surface area (Å²) in [4.78, 5) is 0. The topological polar surface area (TPSA) is 4.93 Å². The van der Waals surface area contributed by atoms with Crippen LogP contribution < -0.4 is 0 Å². The molecule has 0 saturated carbocycles. The minimum absolute atomic E-state index is 0.137. The first-order valence-electron chi connectivity index (χ1n) is 25.8. The van der Waals surface area contributed by atoms with Crippen molar-refractivity contribution >= 4 is 102 Å². The number of hydrogen-bond donors (Lipinski definition) is 0. The van der Waals surface area contributed by atoms with Crippen molar-refractivity contribution in [3.8, 4) is 50.2 Å². The van der Waals surface area contributed by atoms with Crippen LogP contribution in [0, 0.1) is 0 Å². The molecule has 12 aromatic carbocycles. The Hall–Kier alpha value is -8.82. The summed E-state index contributed by atoms with van der Waals surface area (Å²) in [7, 11) is 0. The molecule has 0 spiro atoms. The minimum Gasteiger partial charge on any atom is -0.309 e. The van der Waals surface area contributed by atoms with Crippen LogP contribution >= 0.6 is 11.3 Å². The summed E-state index contributed by atoms with van der Waals surface area (Å²) in [5.41, 5.74) is 18.7. The number of aromatic nitrogens is 1. The van der Waals surface area contributed by atoms with Crippen molar-refractivity contribution in [3.63, 3.8) is 0 Å². The normalized spacial score (nSPS) is 13.5. The summed E-state index contributed by atoms with van der Waals surface area (Å²) in [6, 6.07) is 78.2. The van der Waals surface area contributed by atoms with Gasteiger partial charge in [0.2, 0.25) is 0 Å². The molecular formula is C72H49NS. The lowest BCUT2D eigenvalue weighted by Gasteiger charge is -2.24. The van der Waals surface area contributed by atoms with Crippen molar-refractivity contribution in [3.05, 3.63) is 254 Å². The van der Waals surface area contributed by atoms with Gasteiger partial charge in [-0.3, -0.25) is 0 Å². The Morgan fingerprint density at radius 1 is 0.473 bits per heavy atom. The third kappa shape index (κ3) is 6.16. The fourth-order valence-electron chi connectivity index (χ4n) is 13.0. The Kier molecular flexibility index (Phi) is 9.31. The molecule has 1 nitrogen and oxygen atoms in total. The van der Waals surface area contributed by atoms with Gasteiger partial charge in [-0.1, -0.05) is 190 Å². The number of fused-ring (bicyclic) bond motifs is 11. The molecule has 0 N–H and O–H groups in total. The predicted octanol–water partition coefficient (Wildman–Crippen LogP) is 20.7. The fourth-order valence-corrected chi connectivity index (χ4v) is 14.2. The van der Waals surface area contributed by atoms with Crippen LogP contribution in [0.5, 0.6) is 0 Å². The highest BCUT2D eigenvalue weighted by molar-refractivity contribution is 7.26. The van der Waals surface area contributed by atoms with Crippen molar-refractivity contribution in [2.24, 2.45) is 0 Å². The van der Waals surface area contributed by atoms with E-state index in [1.165, 1.54) is 158 Å². The SMILES string of the molecule is C=C/C=C\C(=C/C)c1cccc(-c2cc(-c3cccc4ccccc34)cc3c2sc2ccc(-c4ccc5c(c4)c4ccccc4n5-c4cc5cccc6ccc7cc8c(c4c7c65)-c4ccccc4C8(C)C)cc23)c1. The van der Waals surface area contributed by atoms with E-state index in [-0.39, 0.29) is 5.41 Å². The molecule has 0 radical (unpaired) electrons. The third-order valence-electron chi connectivity index (χ3n) is 16.4. The van der Waals surface area contributed by atoms with E-state index in [0.29, 0.717) is 0 Å². The smallest absolute Gasteiger partial charge is 0.0553 e. The molecule has 0 aliphatic heterocycles. The number of thiophene rings is 1. The lowest BCUT2D eigenvalue weighted by molar-refractivity contribution is 0.661. The van der Waals surface area contributed by atoms with Crippen LogP contribution in [0.1, 0.15) is 37.5 Å². The zero-order valence-corrected chi connectivity index (χ0v) is 42.3. The van der Waals surface area contributed by atoms with Gasteiger partial charge in [-0.05, 0) is 161 Å². The molecule has 2 heterocycles. The number of nitrogens with zero attached hydrogens (tertiary/aromatic N) is 1. The second-order valence-electron chi connectivity index (χ2n) is 20.7. The van der Waals surface area contributed by atoms with Gasteiger partial charge in [0.15, 0.2) is 0 Å². The Morgan fingerprint density at radius 3 is 2.05 bits per heavy atom. The number of benzene rings is 12. The first kappa shape index (κ1) is 42.8. The molecular weight excluding hydrogens is 911 g/mol. The van der Waals surface area contributed by atoms with Crippen molar-refractivity contribution in [1.29, 1.82) is 0 Å². The van der Waals surface area contributed by atoms with Crippen LogP contribution in [0.15, 0.2) is 237 Å². The average Bonchev–Trinajstić information content (AvgIpc) is 4.16. The molecule has 0 bridgehead atoms. The van der Waals surface area contributed by atoms with E-state index in [2.05, 4.69) is 250 Å². The molecule has 0 fully saturated rings. The average molecular weight is 960 g/mol. The Bertz CT molecular complexity index is 4770. The molecule has 15 rings (SSSR count). The van der Waals surface area contributed by atoms with Crippen molar-refractivity contribution < 1.29 is 0 Å². The van der Waals surface area contributed by atoms with Crippen LogP contribution in [0.4, 0.5) is 0 Å². The molecule has 74 heavy (non-hydrogen) atoms. The second kappa shape index (κ2) is 16.1. The lowest BCUT2D eigenvalue weighted by atomic mass is 9.80. The zero-order chi connectivity index (χ0) is 49.4. The number of rotatable bonds is 7. The van der Waals surface area contributed by atoms with Crippen LogP contribution in [0.2, 0.25) is 0 Å². The van der Waals surface area contributed by atoms with E-state index in [4.69, 9.17) is 0 Å². The molecule has 0 amide bonds. The maximum absolute atomic E-state index is 3.93. The maximum atomic E-state index is 3.93. The van der Waals surface area contributed by atoms with Gasteiger partial charge >= 0.3 is 0 Å². The lowest BCUT2D eigenvalue weighted by Crippen LogP contribution is -2.15. The number of hydrogen-bond acceptors (Lipinski definition) is 1. The molecule has 2 heteroatoms. The largest absolute Gasteiger partial charge is 0.309 e. The monoisotopic (exact) mass is 959 g/mol. The summed E-state index contributed by atoms with van der Waals surface area (Å²) in [5.74, 6) is 0. The summed E-state index contributed by atoms with van der Waals surface area (Å²) < 4.78 is 5.15. The van der Waals surface area contributed by atoms with Gasteiger partial charge in [-0.15, -0.1) is 11.3 Å². The van der Waals surface area contributed by atoms with E-state index in [0.717, 1.165) is 0 Å². The number of allylic oxidation sites excluding steroid dienone is 5. The van der Waals surface area contributed by atoms with Gasteiger partial charge in [0, 0.05) is 52.7 Å². The van der Waals surface area contributed by atoms with E-state index >= 15 is 0 Å². The van der Waals surface area contributed by atoms with Crippen LogP contribution in [0.3, 0.4) is 0 Å². The summed E-state index contributed by atoms with van der Waals surface area (Å²) in [6.45, 7) is 10.8. The molecule has 0 unspecified atom stereocenters. The maximum Gasteiger partial charge on any atom is 0.0553 e. The summed E-state index contributed by atoms with van der Waals surface area (Å²) in [6.07, 6.45) is 8.17. The van der Waals surface area contributed by atoms with Crippen LogP contribution in [-0.4, -0.2) is 4.57 Å². The van der Waals surface area contributed by atoms with E-state index < -0.39 is 0 Å². The standard InChI is InChI=1S/C72H49NS/c1-5-7-17-43(6-2)46-21-15-22-49(36-46)57-39-52(54-27-16-19-44-18-8-9-24-53(44)54)40-60-59-38-48(33-35-66(59)74-71(57)60)47-32-34-64-58(37-47)55-25-11-13-29-63(55)73(64)65-42-50-23-14-20-45-30-31-51-41-62-69(70(65)68(51)67(45)50)56-26-10-12-28-61(56)72(62,3)4/h5-42H,1H2,2-4H3/b17-7-,43-6+. The van der Waals surface area contributed by atoms with Crippen molar-refractivity contribution in [2.75, 3.05) is 0 Å². The van der Waals surface area contributed by atoms with E-state index in [9.17, 15) is 0 Å². The summed E-state index contributed by atoms with van der Waals surface area (Å²) in [5, 5.41) is 15.4. The molecule has 2 aromatic heterocycles. The molecule has 14 aromatic rings. The second-order valence-corrected chi connectivity index (χ2v) is 21.8. The first-order valence-corrected chi connectivity index (χ1v) is 26.6. The van der Waals surface area contributed by atoms with Gasteiger partial charge in [-0.2, -0.15) is 0 Å². The fraction of sp³-hybridized carbons (Fsp3) is 0.0556. The van der Waals surface area contributed by atoms with Crippen molar-refractivity contribution in [1.82, 2.24) is 4.57 Å². The molecule has 0 atom stereocenters. The first-order chi connectivity index (χ1) is 36.4. The van der Waals surface area contributed by atoms with Gasteiger partial charge in [-0.25, -0.2) is 0 Å². The molecule has 348 valence electrons. The van der Waals surface area contributed by atoms with E-state index in [1.54, 1.807) is 0 Å². The zero-order valence-electron chi connectivity index (χ0n) is 41.5. The van der Waals surface area contributed by atoms with Crippen LogP contribution in [0.25, 0.3) is 141 Å². The highest BCUT2D eigenvalue weighted by Crippen LogP contribution is 2.56. The highest BCUT2D eigenvalue weighted by Gasteiger charge is 2.38. The van der Waals surface area contributed by atoms with Gasteiger partial charge in [0.05, 0.1) is 16.7 Å². The van der Waals surface area contributed by atoms with Crippen LogP contribution in [-0.2, 0) is 5.41 Å². The Labute approximate surface area is 434 Å². The molecule has 1 aliphatic rings. The quantitative estimate of drug-likeness (QED) is 0.111. The molecule has 1 aliphatic carbocycles. The van der Waals surface area contributed by atoms with Crippen molar-refractivity contribution in [2.45, 2.75) is 26.2 Å². The Morgan fingerprint density at radius 2 is 1.16 bits per heavy atom.